The van der Waals surface area contributed by atoms with Crippen molar-refractivity contribution in [2.24, 2.45) is 5.92 Å². The molecule has 1 aliphatic rings. The molecule has 2 heterocycles. The lowest BCUT2D eigenvalue weighted by atomic mass is 9.97. The van der Waals surface area contributed by atoms with Crippen LogP contribution in [0, 0.1) is 5.92 Å². The van der Waals surface area contributed by atoms with Crippen LogP contribution in [0.5, 0.6) is 0 Å². The van der Waals surface area contributed by atoms with Crippen LogP contribution in [-0.4, -0.2) is 35.1 Å². The van der Waals surface area contributed by atoms with E-state index < -0.39 is 0 Å². The molecule has 31 heavy (non-hydrogen) atoms. The summed E-state index contributed by atoms with van der Waals surface area (Å²) in [6.45, 7) is 4.59. The maximum absolute atomic E-state index is 13.5. The fraction of sp³-hybridized carbons (Fsp3) is 0.400. The predicted molar refractivity (Wildman–Crippen MR) is 124 cm³/mol. The maximum Gasteiger partial charge on any atom is 0.294 e. The molecule has 1 unspecified atom stereocenters. The van der Waals surface area contributed by atoms with Gasteiger partial charge in [0, 0.05) is 19.6 Å². The number of amides is 1. The summed E-state index contributed by atoms with van der Waals surface area (Å²) in [5, 5.41) is 3.04. The highest BCUT2D eigenvalue weighted by Crippen LogP contribution is 2.22. The average molecular weight is 419 g/mol. The Balaban J connectivity index is 1.65. The number of hydrogen-bond acceptors (Lipinski definition) is 4. The highest BCUT2D eigenvalue weighted by Gasteiger charge is 2.28. The van der Waals surface area contributed by atoms with Gasteiger partial charge in [-0.1, -0.05) is 55.8 Å². The van der Waals surface area contributed by atoms with Crippen LogP contribution in [-0.2, 0) is 11.3 Å². The monoisotopic (exact) mass is 418 g/mol. The minimum Gasteiger partial charge on any atom is -0.356 e. The van der Waals surface area contributed by atoms with Crippen molar-refractivity contribution < 1.29 is 4.79 Å². The van der Waals surface area contributed by atoms with E-state index in [9.17, 15) is 9.59 Å². The van der Waals surface area contributed by atoms with E-state index in [-0.39, 0.29) is 17.4 Å². The van der Waals surface area contributed by atoms with Crippen molar-refractivity contribution in [2.45, 2.75) is 39.2 Å². The van der Waals surface area contributed by atoms with Gasteiger partial charge in [-0.05, 0) is 37.0 Å². The number of fused-ring (bicyclic) bond motifs is 1. The molecule has 3 aromatic rings. The first-order valence-corrected chi connectivity index (χ1v) is 11.2. The molecule has 0 bridgehead atoms. The van der Waals surface area contributed by atoms with Gasteiger partial charge >= 0.3 is 0 Å². The number of piperidine rings is 1. The molecule has 0 saturated carbocycles. The van der Waals surface area contributed by atoms with Crippen molar-refractivity contribution in [1.82, 2.24) is 14.9 Å². The normalized spacial score (nSPS) is 16.4. The van der Waals surface area contributed by atoms with Crippen LogP contribution in [0.4, 0.5) is 5.82 Å². The lowest BCUT2D eigenvalue weighted by Crippen LogP contribution is -2.45. The summed E-state index contributed by atoms with van der Waals surface area (Å²) in [4.78, 5) is 32.9. The molecule has 0 spiro atoms. The fourth-order valence-corrected chi connectivity index (χ4v) is 4.22. The van der Waals surface area contributed by atoms with Crippen LogP contribution in [0.1, 0.15) is 38.2 Å². The number of aromatic nitrogens is 2. The van der Waals surface area contributed by atoms with Crippen molar-refractivity contribution in [3.8, 4) is 0 Å². The minimum absolute atomic E-state index is 0.0866. The Morgan fingerprint density at radius 2 is 1.90 bits per heavy atom. The lowest BCUT2D eigenvalue weighted by Gasteiger charge is -2.32. The molecule has 6 heteroatoms. The third-order valence-electron chi connectivity index (χ3n) is 5.94. The van der Waals surface area contributed by atoms with E-state index in [1.165, 1.54) is 0 Å². The zero-order valence-electron chi connectivity index (χ0n) is 18.1. The molecule has 2 aromatic carbocycles. The largest absolute Gasteiger partial charge is 0.356 e. The molecule has 0 aliphatic carbocycles. The van der Waals surface area contributed by atoms with E-state index in [1.807, 2.05) is 59.5 Å². The molecular formula is C25H30N4O2. The first-order valence-electron chi connectivity index (χ1n) is 11.2. The smallest absolute Gasteiger partial charge is 0.294 e. The van der Waals surface area contributed by atoms with E-state index in [2.05, 4.69) is 12.2 Å². The van der Waals surface area contributed by atoms with E-state index >= 15 is 0 Å². The number of nitrogens with zero attached hydrogens (tertiary/aromatic N) is 3. The molecule has 1 aliphatic heterocycles. The van der Waals surface area contributed by atoms with Gasteiger partial charge in [-0.3, -0.25) is 14.2 Å². The van der Waals surface area contributed by atoms with Gasteiger partial charge in [-0.2, -0.15) is 0 Å². The maximum atomic E-state index is 13.5. The third-order valence-corrected chi connectivity index (χ3v) is 5.94. The Kier molecular flexibility index (Phi) is 6.65. The molecule has 1 atom stereocenters. The summed E-state index contributed by atoms with van der Waals surface area (Å²) in [5.74, 6) is 0.421. The Morgan fingerprint density at radius 1 is 1.13 bits per heavy atom. The molecular weight excluding hydrogens is 388 g/mol. The molecule has 6 nitrogen and oxygen atoms in total. The second-order valence-electron chi connectivity index (χ2n) is 8.23. The molecule has 1 N–H and O–H groups in total. The number of unbranched alkanes of at least 4 members (excludes halogenated alkanes) is 1. The second-order valence-corrected chi connectivity index (χ2v) is 8.23. The summed E-state index contributed by atoms with van der Waals surface area (Å²) < 4.78 is 1.80. The molecule has 1 amide bonds. The van der Waals surface area contributed by atoms with E-state index in [1.54, 1.807) is 4.57 Å². The minimum atomic E-state index is -0.110. The summed E-state index contributed by atoms with van der Waals surface area (Å²) in [5.41, 5.74) is 2.59. The quantitative estimate of drug-likeness (QED) is 0.596. The van der Waals surface area contributed by atoms with Gasteiger partial charge in [0.1, 0.15) is 0 Å². The number of benzene rings is 2. The van der Waals surface area contributed by atoms with Gasteiger partial charge in [0.25, 0.3) is 5.56 Å². The lowest BCUT2D eigenvalue weighted by molar-refractivity contribution is -0.125. The SMILES string of the molecule is CCCCNC(=O)C1CCCN(c2nc3ccccc3n(Cc3ccccc3)c2=O)C1. The molecule has 162 valence electrons. The number of carbonyl (C=O) groups excluding carboxylic acids is 1. The van der Waals surface area contributed by atoms with Gasteiger partial charge in [0.2, 0.25) is 5.91 Å². The van der Waals surface area contributed by atoms with Crippen LogP contribution in [0.25, 0.3) is 11.0 Å². The van der Waals surface area contributed by atoms with Crippen LogP contribution in [0.15, 0.2) is 59.4 Å². The van der Waals surface area contributed by atoms with E-state index in [4.69, 9.17) is 4.98 Å². The Morgan fingerprint density at radius 3 is 2.71 bits per heavy atom. The molecule has 1 fully saturated rings. The standard InChI is InChI=1S/C25H30N4O2/c1-2-3-15-26-24(30)20-12-9-16-28(18-20)23-25(31)29(17-19-10-5-4-6-11-19)22-14-8-7-13-21(22)27-23/h4-8,10-11,13-14,20H,2-3,9,12,15-18H2,1H3,(H,26,30). The highest BCUT2D eigenvalue weighted by atomic mass is 16.2. The van der Waals surface area contributed by atoms with Crippen LogP contribution in [0.2, 0.25) is 0 Å². The number of rotatable bonds is 7. The van der Waals surface area contributed by atoms with Crippen LogP contribution in [0.3, 0.4) is 0 Å². The topological polar surface area (TPSA) is 67.2 Å². The van der Waals surface area contributed by atoms with E-state index in [0.29, 0.717) is 25.5 Å². The van der Waals surface area contributed by atoms with Crippen molar-refractivity contribution in [3.63, 3.8) is 0 Å². The number of anilines is 1. The first-order chi connectivity index (χ1) is 15.2. The van der Waals surface area contributed by atoms with Gasteiger partial charge in [0.05, 0.1) is 23.5 Å². The Bertz CT molecular complexity index is 1090. The summed E-state index contributed by atoms with van der Waals surface area (Å²) in [7, 11) is 0. The van der Waals surface area contributed by atoms with E-state index in [0.717, 1.165) is 48.8 Å². The number of nitrogens with one attached hydrogen (secondary N) is 1. The van der Waals surface area contributed by atoms with Crippen molar-refractivity contribution in [3.05, 3.63) is 70.5 Å². The van der Waals surface area contributed by atoms with Crippen molar-refractivity contribution in [1.29, 1.82) is 0 Å². The molecule has 1 saturated heterocycles. The zero-order chi connectivity index (χ0) is 21.6. The van der Waals surface area contributed by atoms with Gasteiger partial charge < -0.3 is 10.2 Å². The number of carbonyl (C=O) groups is 1. The van der Waals surface area contributed by atoms with Crippen LogP contribution >= 0.6 is 0 Å². The summed E-state index contributed by atoms with van der Waals surface area (Å²) in [6, 6.07) is 17.8. The van der Waals surface area contributed by atoms with Gasteiger partial charge in [-0.15, -0.1) is 0 Å². The van der Waals surface area contributed by atoms with Gasteiger partial charge in [0.15, 0.2) is 5.82 Å². The van der Waals surface area contributed by atoms with Crippen LogP contribution < -0.4 is 15.8 Å². The zero-order valence-corrected chi connectivity index (χ0v) is 18.1. The summed E-state index contributed by atoms with van der Waals surface area (Å²) in [6.07, 6.45) is 3.76. The Hall–Kier alpha value is -3.15. The van der Waals surface area contributed by atoms with Crippen molar-refractivity contribution >= 4 is 22.8 Å². The Labute approximate surface area is 182 Å². The number of hydrogen-bond donors (Lipinski definition) is 1. The first kappa shape index (κ1) is 21.1. The van der Waals surface area contributed by atoms with Gasteiger partial charge in [-0.25, -0.2) is 4.98 Å². The molecule has 4 rings (SSSR count). The molecule has 0 radical (unpaired) electrons. The molecule has 1 aromatic heterocycles. The summed E-state index contributed by atoms with van der Waals surface area (Å²) >= 11 is 0. The second kappa shape index (κ2) is 9.77. The predicted octanol–water partition coefficient (Wildman–Crippen LogP) is 3.58. The fourth-order valence-electron chi connectivity index (χ4n) is 4.22. The average Bonchev–Trinajstić information content (AvgIpc) is 2.81. The number of para-hydroxylation sites is 2. The third kappa shape index (κ3) is 4.79. The van der Waals surface area contributed by atoms with Crippen molar-refractivity contribution in [2.75, 3.05) is 24.5 Å². The highest BCUT2D eigenvalue weighted by molar-refractivity contribution is 5.80.